The first-order valence-corrected chi connectivity index (χ1v) is 11.0. The topological polar surface area (TPSA) is 78.8 Å². The lowest BCUT2D eigenvalue weighted by Gasteiger charge is -2.47. The molecule has 1 unspecified atom stereocenters. The molecule has 33 heavy (non-hydrogen) atoms. The Bertz CT molecular complexity index is 1000. The van der Waals surface area contributed by atoms with Crippen LogP contribution < -0.4 is 9.64 Å². The van der Waals surface area contributed by atoms with Crippen LogP contribution in [0.15, 0.2) is 30.6 Å². The van der Waals surface area contributed by atoms with Crippen molar-refractivity contribution >= 4 is 11.6 Å². The summed E-state index contributed by atoms with van der Waals surface area (Å²) >= 11 is 0. The standard InChI is InChI=1S/C23H27F3N4O3/c1-22(2,32)19-6-9-30(19)21(31)16-13-27-20(28-14-16)5-4-15-10-17(29-7-3-8-29)12-18(11-15)33-23(24,25)26/h10-14,19,32H,3-9H2,1-2H3. The number of alkyl halides is 3. The Morgan fingerprint density at radius 3 is 2.33 bits per heavy atom. The molecule has 2 aliphatic rings. The Hall–Kier alpha value is -2.88. The summed E-state index contributed by atoms with van der Waals surface area (Å²) in [6.07, 6.45) is 0.738. The number of hydrogen-bond acceptors (Lipinski definition) is 6. The molecule has 1 amide bonds. The lowest BCUT2D eigenvalue weighted by atomic mass is 9.87. The lowest BCUT2D eigenvalue weighted by Crippen LogP contribution is -2.60. The molecule has 2 aliphatic heterocycles. The van der Waals surface area contributed by atoms with Crippen molar-refractivity contribution in [1.29, 1.82) is 0 Å². The quantitative estimate of drug-likeness (QED) is 0.677. The summed E-state index contributed by atoms with van der Waals surface area (Å²) in [5.74, 6) is 0.0256. The van der Waals surface area contributed by atoms with Gasteiger partial charge in [-0.1, -0.05) is 0 Å². The van der Waals surface area contributed by atoms with E-state index in [0.29, 0.717) is 42.0 Å². The molecule has 2 saturated heterocycles. The predicted octanol–water partition coefficient (Wildman–Crippen LogP) is 3.36. The fraction of sp³-hybridized carbons (Fsp3) is 0.522. The van der Waals surface area contributed by atoms with Crippen LogP contribution in [0.3, 0.4) is 0 Å². The van der Waals surface area contributed by atoms with Gasteiger partial charge in [-0.25, -0.2) is 9.97 Å². The van der Waals surface area contributed by atoms with Crippen molar-refractivity contribution in [2.75, 3.05) is 24.5 Å². The van der Waals surface area contributed by atoms with Crippen LogP contribution in [0.5, 0.6) is 5.75 Å². The van der Waals surface area contributed by atoms with Crippen molar-refractivity contribution < 1.29 is 27.8 Å². The van der Waals surface area contributed by atoms with Gasteiger partial charge in [0.1, 0.15) is 11.6 Å². The zero-order chi connectivity index (χ0) is 23.8. The molecule has 0 aliphatic carbocycles. The number of aromatic nitrogens is 2. The highest BCUT2D eigenvalue weighted by atomic mass is 19.4. The van der Waals surface area contributed by atoms with Gasteiger partial charge in [-0.3, -0.25) is 4.79 Å². The second-order valence-corrected chi connectivity index (χ2v) is 9.07. The number of carbonyl (C=O) groups excluding carboxylic acids is 1. The summed E-state index contributed by atoms with van der Waals surface area (Å²) < 4.78 is 42.3. The monoisotopic (exact) mass is 464 g/mol. The van der Waals surface area contributed by atoms with Crippen molar-refractivity contribution in [3.63, 3.8) is 0 Å². The lowest BCUT2D eigenvalue weighted by molar-refractivity contribution is -0.274. The molecule has 7 nitrogen and oxygen atoms in total. The maximum atomic E-state index is 12.7. The first-order chi connectivity index (χ1) is 15.5. The van der Waals surface area contributed by atoms with Gasteiger partial charge in [0.05, 0.1) is 17.2 Å². The van der Waals surface area contributed by atoms with Gasteiger partial charge < -0.3 is 19.6 Å². The van der Waals surface area contributed by atoms with E-state index in [4.69, 9.17) is 0 Å². The number of benzene rings is 1. The Balaban J connectivity index is 1.42. The average molecular weight is 464 g/mol. The van der Waals surface area contributed by atoms with Crippen LogP contribution >= 0.6 is 0 Å². The number of anilines is 1. The van der Waals surface area contributed by atoms with Gasteiger partial charge >= 0.3 is 6.36 Å². The number of nitrogens with zero attached hydrogens (tertiary/aromatic N) is 4. The SMILES string of the molecule is CC(C)(O)C1CCN1C(=O)c1cnc(CCc2cc(OC(F)(F)F)cc(N3CCC3)c2)nc1. The number of hydrogen-bond donors (Lipinski definition) is 1. The molecule has 1 aromatic heterocycles. The molecule has 0 bridgehead atoms. The number of halogens is 3. The minimum atomic E-state index is -4.75. The zero-order valence-corrected chi connectivity index (χ0v) is 18.6. The van der Waals surface area contributed by atoms with Crippen LogP contribution in [0.1, 0.15) is 48.4 Å². The number of likely N-dealkylation sites (tertiary alicyclic amines) is 1. The van der Waals surface area contributed by atoms with Crippen molar-refractivity contribution in [3.8, 4) is 5.75 Å². The van der Waals surface area contributed by atoms with E-state index in [1.807, 2.05) is 11.0 Å². The molecule has 0 radical (unpaired) electrons. The fourth-order valence-electron chi connectivity index (χ4n) is 4.12. The van der Waals surface area contributed by atoms with Gasteiger partial charge in [-0.15, -0.1) is 13.2 Å². The third-order valence-electron chi connectivity index (χ3n) is 6.09. The third kappa shape index (κ3) is 5.55. The van der Waals surface area contributed by atoms with Crippen molar-refractivity contribution in [2.45, 2.75) is 57.5 Å². The molecule has 1 aromatic carbocycles. The van der Waals surface area contributed by atoms with Crippen LogP contribution in [-0.4, -0.2) is 63.5 Å². The summed E-state index contributed by atoms with van der Waals surface area (Å²) in [5.41, 5.74) is 0.758. The normalized spacial score (nSPS) is 18.5. The van der Waals surface area contributed by atoms with E-state index in [1.54, 1.807) is 18.7 Å². The molecular formula is C23H27F3N4O3. The fourth-order valence-corrected chi connectivity index (χ4v) is 4.12. The van der Waals surface area contributed by atoms with Crippen LogP contribution in [0.25, 0.3) is 0 Å². The van der Waals surface area contributed by atoms with Crippen LogP contribution in [0.2, 0.25) is 0 Å². The van der Waals surface area contributed by atoms with E-state index in [2.05, 4.69) is 14.7 Å². The Morgan fingerprint density at radius 2 is 1.82 bits per heavy atom. The summed E-state index contributed by atoms with van der Waals surface area (Å²) in [4.78, 5) is 24.8. The zero-order valence-electron chi connectivity index (χ0n) is 18.6. The number of rotatable bonds is 7. The van der Waals surface area contributed by atoms with E-state index < -0.39 is 12.0 Å². The van der Waals surface area contributed by atoms with E-state index in [1.165, 1.54) is 24.5 Å². The second kappa shape index (κ2) is 8.81. The number of aryl methyl sites for hydroxylation is 2. The van der Waals surface area contributed by atoms with Crippen LogP contribution in [0.4, 0.5) is 18.9 Å². The van der Waals surface area contributed by atoms with Crippen molar-refractivity contribution in [2.24, 2.45) is 0 Å². The first-order valence-electron chi connectivity index (χ1n) is 11.0. The molecule has 2 aromatic rings. The maximum absolute atomic E-state index is 12.7. The smallest absolute Gasteiger partial charge is 0.406 e. The van der Waals surface area contributed by atoms with E-state index in [9.17, 15) is 23.1 Å². The van der Waals surface area contributed by atoms with Gasteiger partial charge in [-0.2, -0.15) is 0 Å². The van der Waals surface area contributed by atoms with Gasteiger partial charge in [0.15, 0.2) is 0 Å². The highest BCUT2D eigenvalue weighted by molar-refractivity contribution is 5.94. The largest absolute Gasteiger partial charge is 0.573 e. The minimum Gasteiger partial charge on any atom is -0.406 e. The molecule has 3 heterocycles. The van der Waals surface area contributed by atoms with Crippen LogP contribution in [0, 0.1) is 0 Å². The molecular weight excluding hydrogens is 437 g/mol. The van der Waals surface area contributed by atoms with Gasteiger partial charge in [0.25, 0.3) is 5.91 Å². The van der Waals surface area contributed by atoms with Gasteiger partial charge in [-0.05, 0) is 50.8 Å². The number of aliphatic hydroxyl groups is 1. The molecule has 0 spiro atoms. The van der Waals surface area contributed by atoms with Gasteiger partial charge in [0.2, 0.25) is 0 Å². The number of carbonyl (C=O) groups is 1. The summed E-state index contributed by atoms with van der Waals surface area (Å²) in [6.45, 7) is 5.54. The molecule has 1 atom stereocenters. The van der Waals surface area contributed by atoms with E-state index >= 15 is 0 Å². The molecule has 10 heteroatoms. The molecule has 4 rings (SSSR count). The molecule has 1 N–H and O–H groups in total. The Labute approximate surface area is 190 Å². The number of ether oxygens (including phenoxy) is 1. The highest BCUT2D eigenvalue weighted by Crippen LogP contribution is 2.31. The van der Waals surface area contributed by atoms with E-state index in [-0.39, 0.29) is 17.7 Å². The number of amides is 1. The minimum absolute atomic E-state index is 0.226. The highest BCUT2D eigenvalue weighted by Gasteiger charge is 2.42. The first kappa shape index (κ1) is 23.3. The third-order valence-corrected chi connectivity index (χ3v) is 6.09. The Kier molecular flexibility index (Phi) is 6.22. The molecule has 178 valence electrons. The summed E-state index contributed by atoms with van der Waals surface area (Å²) in [7, 11) is 0. The predicted molar refractivity (Wildman–Crippen MR) is 115 cm³/mol. The van der Waals surface area contributed by atoms with Crippen LogP contribution in [-0.2, 0) is 12.8 Å². The second-order valence-electron chi connectivity index (χ2n) is 9.07. The maximum Gasteiger partial charge on any atom is 0.573 e. The van der Waals surface area contributed by atoms with Gasteiger partial charge in [0, 0.05) is 50.2 Å². The van der Waals surface area contributed by atoms with Crippen molar-refractivity contribution in [1.82, 2.24) is 14.9 Å². The van der Waals surface area contributed by atoms with E-state index in [0.717, 1.165) is 25.9 Å². The molecule has 0 saturated carbocycles. The molecule has 2 fully saturated rings. The summed E-state index contributed by atoms with van der Waals surface area (Å²) in [5, 5.41) is 10.2. The summed E-state index contributed by atoms with van der Waals surface area (Å²) in [6, 6.07) is 4.41. The van der Waals surface area contributed by atoms with Crippen molar-refractivity contribution in [3.05, 3.63) is 47.5 Å². The Morgan fingerprint density at radius 1 is 1.12 bits per heavy atom. The average Bonchev–Trinajstić information content (AvgIpc) is 2.61.